The molecular formula is C20H22F5N3O2. The third kappa shape index (κ3) is 8.64. The quantitative estimate of drug-likeness (QED) is 0.355. The van der Waals surface area contributed by atoms with Crippen molar-refractivity contribution >= 4 is 5.96 Å². The minimum Gasteiger partial charge on any atom is -0.434 e. The van der Waals surface area contributed by atoms with Crippen LogP contribution in [0, 0.1) is 0 Å². The number of hydrogen-bond donors (Lipinski definition) is 2. The average molecular weight is 431 g/mol. The maximum atomic E-state index is 12.5. The summed E-state index contributed by atoms with van der Waals surface area (Å²) >= 11 is 0. The second kappa shape index (κ2) is 11.3. The SMILES string of the molecule is CN=C(NCc1ccc(COCC(F)(F)F)cc1)NCc1ccccc1OC(F)F. The number of nitrogens with one attached hydrogen (secondary N) is 2. The molecule has 0 aromatic heterocycles. The Morgan fingerprint density at radius 2 is 1.60 bits per heavy atom. The fourth-order valence-corrected chi connectivity index (χ4v) is 2.48. The first-order chi connectivity index (χ1) is 14.3. The molecule has 0 heterocycles. The molecule has 5 nitrogen and oxygen atoms in total. The molecule has 0 spiro atoms. The van der Waals surface area contributed by atoms with Crippen molar-refractivity contribution in [1.29, 1.82) is 0 Å². The van der Waals surface area contributed by atoms with E-state index < -0.39 is 19.4 Å². The van der Waals surface area contributed by atoms with Gasteiger partial charge in [-0.1, -0.05) is 42.5 Å². The molecule has 0 saturated carbocycles. The minimum absolute atomic E-state index is 0.0822. The summed E-state index contributed by atoms with van der Waals surface area (Å²) in [6.45, 7) is -3.71. The summed E-state index contributed by atoms with van der Waals surface area (Å²) in [5.74, 6) is 0.526. The first-order valence-corrected chi connectivity index (χ1v) is 8.96. The number of hydrogen-bond acceptors (Lipinski definition) is 3. The van der Waals surface area contributed by atoms with E-state index in [1.165, 1.54) is 6.07 Å². The number of rotatable bonds is 9. The summed E-state index contributed by atoms with van der Waals surface area (Å²) in [5, 5.41) is 6.08. The molecule has 0 atom stereocenters. The molecule has 10 heteroatoms. The Labute approximate surface area is 170 Å². The van der Waals surface area contributed by atoms with Gasteiger partial charge in [0.1, 0.15) is 12.4 Å². The zero-order valence-corrected chi connectivity index (χ0v) is 16.2. The lowest BCUT2D eigenvalue weighted by Crippen LogP contribution is -2.36. The first kappa shape index (κ1) is 23.4. The van der Waals surface area contributed by atoms with E-state index in [1.54, 1.807) is 49.5 Å². The van der Waals surface area contributed by atoms with Gasteiger partial charge >= 0.3 is 12.8 Å². The summed E-state index contributed by atoms with van der Waals surface area (Å²) in [5.41, 5.74) is 2.05. The van der Waals surface area contributed by atoms with Gasteiger partial charge in [0.2, 0.25) is 0 Å². The molecule has 0 amide bonds. The van der Waals surface area contributed by atoms with E-state index in [0.717, 1.165) is 5.56 Å². The van der Waals surface area contributed by atoms with Gasteiger partial charge in [0.25, 0.3) is 0 Å². The third-order valence-electron chi connectivity index (χ3n) is 3.88. The highest BCUT2D eigenvalue weighted by Gasteiger charge is 2.27. The van der Waals surface area contributed by atoms with Crippen LogP contribution in [0.5, 0.6) is 5.75 Å². The van der Waals surface area contributed by atoms with Gasteiger partial charge in [-0.3, -0.25) is 4.99 Å². The van der Waals surface area contributed by atoms with Gasteiger partial charge in [-0.2, -0.15) is 22.0 Å². The Bertz CT molecular complexity index is 811. The number of alkyl halides is 5. The number of para-hydroxylation sites is 1. The lowest BCUT2D eigenvalue weighted by Gasteiger charge is -2.14. The highest BCUT2D eigenvalue weighted by molar-refractivity contribution is 5.79. The molecule has 0 fully saturated rings. The van der Waals surface area contributed by atoms with E-state index in [1.807, 2.05) is 0 Å². The summed E-state index contributed by atoms with van der Waals surface area (Å²) < 4.78 is 70.4. The summed E-state index contributed by atoms with van der Waals surface area (Å²) in [6, 6.07) is 13.3. The van der Waals surface area contributed by atoms with E-state index in [-0.39, 0.29) is 18.9 Å². The normalized spacial score (nSPS) is 12.2. The van der Waals surface area contributed by atoms with Crippen molar-refractivity contribution in [1.82, 2.24) is 10.6 Å². The van der Waals surface area contributed by atoms with Crippen molar-refractivity contribution in [2.75, 3.05) is 13.7 Å². The summed E-state index contributed by atoms with van der Waals surface area (Å²) in [4.78, 5) is 4.07. The fraction of sp³-hybridized carbons (Fsp3) is 0.350. The maximum Gasteiger partial charge on any atom is 0.411 e. The minimum atomic E-state index is -4.35. The monoisotopic (exact) mass is 431 g/mol. The van der Waals surface area contributed by atoms with Crippen molar-refractivity contribution in [2.45, 2.75) is 32.5 Å². The average Bonchev–Trinajstić information content (AvgIpc) is 2.69. The Hall–Kier alpha value is -2.88. The number of nitrogens with zero attached hydrogens (tertiary/aromatic N) is 1. The van der Waals surface area contributed by atoms with Gasteiger partial charge in [0.15, 0.2) is 5.96 Å². The Morgan fingerprint density at radius 3 is 2.23 bits per heavy atom. The molecule has 30 heavy (non-hydrogen) atoms. The molecule has 0 radical (unpaired) electrons. The Kier molecular flexibility index (Phi) is 8.85. The zero-order chi connectivity index (χ0) is 22.0. The van der Waals surface area contributed by atoms with Crippen LogP contribution in [0.2, 0.25) is 0 Å². The fourth-order valence-electron chi connectivity index (χ4n) is 2.48. The number of aliphatic imine (C=N–C) groups is 1. The van der Waals surface area contributed by atoms with Crippen molar-refractivity contribution < 1.29 is 31.4 Å². The molecule has 0 saturated heterocycles. The summed E-state index contributed by atoms with van der Waals surface area (Å²) in [7, 11) is 1.57. The molecule has 0 bridgehead atoms. The molecule has 2 N–H and O–H groups in total. The van der Waals surface area contributed by atoms with Crippen LogP contribution in [0.3, 0.4) is 0 Å². The zero-order valence-electron chi connectivity index (χ0n) is 16.2. The van der Waals surface area contributed by atoms with Crippen LogP contribution < -0.4 is 15.4 Å². The second-order valence-electron chi connectivity index (χ2n) is 6.19. The molecule has 2 aromatic rings. The Balaban J connectivity index is 1.82. The van der Waals surface area contributed by atoms with Crippen LogP contribution in [0.1, 0.15) is 16.7 Å². The molecule has 164 valence electrons. The predicted molar refractivity (Wildman–Crippen MR) is 102 cm³/mol. The standard InChI is InChI=1S/C20H22F5N3O2/c1-26-19(28-11-16-4-2-3-5-17(16)30-18(21)22)27-10-14-6-8-15(9-7-14)12-29-13-20(23,24)25/h2-9,18H,10-13H2,1H3,(H2,26,27,28). The maximum absolute atomic E-state index is 12.5. The molecule has 0 unspecified atom stereocenters. The predicted octanol–water partition coefficient (Wildman–Crippen LogP) is 4.23. The first-order valence-electron chi connectivity index (χ1n) is 8.96. The molecule has 2 aromatic carbocycles. The van der Waals surface area contributed by atoms with Crippen molar-refractivity contribution in [3.05, 3.63) is 65.2 Å². The van der Waals surface area contributed by atoms with E-state index in [0.29, 0.717) is 23.6 Å². The van der Waals surface area contributed by atoms with E-state index in [2.05, 4.69) is 25.1 Å². The molecule has 0 aliphatic rings. The third-order valence-corrected chi connectivity index (χ3v) is 3.88. The van der Waals surface area contributed by atoms with E-state index in [9.17, 15) is 22.0 Å². The summed E-state index contributed by atoms with van der Waals surface area (Å²) in [6.07, 6.45) is -4.35. The number of halogens is 5. The second-order valence-corrected chi connectivity index (χ2v) is 6.19. The van der Waals surface area contributed by atoms with Gasteiger partial charge in [-0.25, -0.2) is 0 Å². The van der Waals surface area contributed by atoms with Crippen LogP contribution in [0.4, 0.5) is 22.0 Å². The van der Waals surface area contributed by atoms with Crippen LogP contribution in [-0.2, 0) is 24.4 Å². The molecule has 2 rings (SSSR count). The van der Waals surface area contributed by atoms with Gasteiger partial charge in [-0.05, 0) is 17.2 Å². The van der Waals surface area contributed by atoms with Gasteiger partial charge in [-0.15, -0.1) is 0 Å². The molecule has 0 aliphatic carbocycles. The largest absolute Gasteiger partial charge is 0.434 e. The lowest BCUT2D eigenvalue weighted by atomic mass is 10.1. The van der Waals surface area contributed by atoms with Gasteiger partial charge in [0.05, 0.1) is 6.61 Å². The van der Waals surface area contributed by atoms with Crippen LogP contribution in [0.15, 0.2) is 53.5 Å². The van der Waals surface area contributed by atoms with Crippen LogP contribution in [0.25, 0.3) is 0 Å². The smallest absolute Gasteiger partial charge is 0.411 e. The van der Waals surface area contributed by atoms with Crippen molar-refractivity contribution in [2.24, 2.45) is 4.99 Å². The van der Waals surface area contributed by atoms with E-state index in [4.69, 9.17) is 0 Å². The number of guanidine groups is 1. The van der Waals surface area contributed by atoms with Crippen LogP contribution >= 0.6 is 0 Å². The molecular weight excluding hydrogens is 409 g/mol. The van der Waals surface area contributed by atoms with Gasteiger partial charge < -0.3 is 20.1 Å². The topological polar surface area (TPSA) is 54.9 Å². The highest BCUT2D eigenvalue weighted by atomic mass is 19.4. The Morgan fingerprint density at radius 1 is 0.967 bits per heavy atom. The van der Waals surface area contributed by atoms with Crippen LogP contribution in [-0.4, -0.2) is 32.4 Å². The number of ether oxygens (including phenoxy) is 2. The van der Waals surface area contributed by atoms with E-state index >= 15 is 0 Å². The van der Waals surface area contributed by atoms with Crippen molar-refractivity contribution in [3.8, 4) is 5.75 Å². The highest BCUT2D eigenvalue weighted by Crippen LogP contribution is 2.20. The van der Waals surface area contributed by atoms with Gasteiger partial charge in [0, 0.05) is 25.7 Å². The molecule has 0 aliphatic heterocycles. The van der Waals surface area contributed by atoms with Crippen molar-refractivity contribution in [3.63, 3.8) is 0 Å². The number of benzene rings is 2. The lowest BCUT2D eigenvalue weighted by molar-refractivity contribution is -0.176.